The van der Waals surface area contributed by atoms with E-state index in [0.29, 0.717) is 5.13 Å². The van der Waals surface area contributed by atoms with Gasteiger partial charge < -0.3 is 5.73 Å². The number of unbranched alkanes of at least 4 members (excludes halogenated alkanes) is 1. The van der Waals surface area contributed by atoms with E-state index in [-0.39, 0.29) is 0 Å². The number of nitrogens with two attached hydrogens (primary N) is 1. The molecular weight excluding hydrogens is 216 g/mol. The second-order valence-corrected chi connectivity index (χ2v) is 4.76. The van der Waals surface area contributed by atoms with Crippen molar-refractivity contribution in [2.24, 2.45) is 0 Å². The van der Waals surface area contributed by atoms with Crippen LogP contribution in [0.5, 0.6) is 0 Å². The molecule has 1 aromatic carbocycles. The first-order valence-electron chi connectivity index (χ1n) is 5.60. The fourth-order valence-corrected chi connectivity index (χ4v) is 2.22. The molecular formula is C13H16N2S. The highest BCUT2D eigenvalue weighted by Crippen LogP contribution is 2.23. The van der Waals surface area contributed by atoms with Crippen LogP contribution in [0.4, 0.5) is 5.13 Å². The molecule has 1 aromatic heterocycles. The lowest BCUT2D eigenvalue weighted by atomic mass is 10.1. The van der Waals surface area contributed by atoms with Gasteiger partial charge >= 0.3 is 0 Å². The molecule has 0 saturated carbocycles. The van der Waals surface area contributed by atoms with Crippen LogP contribution < -0.4 is 5.73 Å². The zero-order chi connectivity index (χ0) is 11.4. The molecule has 1 heterocycles. The highest BCUT2D eigenvalue weighted by atomic mass is 32.1. The minimum Gasteiger partial charge on any atom is -0.375 e. The highest BCUT2D eigenvalue weighted by Gasteiger charge is 2.02. The van der Waals surface area contributed by atoms with Gasteiger partial charge in [-0.05, 0) is 18.4 Å². The number of anilines is 1. The molecule has 84 valence electrons. The smallest absolute Gasteiger partial charge is 0.180 e. The van der Waals surface area contributed by atoms with Gasteiger partial charge in [0.25, 0.3) is 0 Å². The highest BCUT2D eigenvalue weighted by molar-refractivity contribution is 7.13. The lowest BCUT2D eigenvalue weighted by Crippen LogP contribution is -1.86. The van der Waals surface area contributed by atoms with Crippen LogP contribution in [0.1, 0.15) is 25.3 Å². The summed E-state index contributed by atoms with van der Waals surface area (Å²) >= 11 is 1.48. The van der Waals surface area contributed by atoms with Gasteiger partial charge in [0.1, 0.15) is 0 Å². The summed E-state index contributed by atoms with van der Waals surface area (Å²) in [6.07, 6.45) is 3.66. The van der Waals surface area contributed by atoms with Crippen molar-refractivity contribution in [1.29, 1.82) is 0 Å². The zero-order valence-electron chi connectivity index (χ0n) is 9.44. The molecule has 0 aliphatic rings. The van der Waals surface area contributed by atoms with Crippen molar-refractivity contribution in [1.82, 2.24) is 4.98 Å². The Kier molecular flexibility index (Phi) is 3.57. The molecule has 2 nitrogen and oxygen atoms in total. The lowest BCUT2D eigenvalue weighted by Gasteiger charge is -2.01. The summed E-state index contributed by atoms with van der Waals surface area (Å²) in [5.74, 6) is 0. The molecule has 0 saturated heterocycles. The molecule has 0 amide bonds. The SMILES string of the molecule is CCCCc1ccc(-c2csc(N)n2)cc1. The number of nitrogen functional groups attached to an aromatic ring is 1. The Balaban J connectivity index is 2.13. The van der Waals surface area contributed by atoms with Crippen molar-refractivity contribution in [2.75, 3.05) is 5.73 Å². The van der Waals surface area contributed by atoms with Crippen LogP contribution in [0.2, 0.25) is 0 Å². The van der Waals surface area contributed by atoms with Gasteiger partial charge in [-0.2, -0.15) is 0 Å². The van der Waals surface area contributed by atoms with Gasteiger partial charge in [-0.25, -0.2) is 4.98 Å². The maximum absolute atomic E-state index is 5.62. The van der Waals surface area contributed by atoms with Crippen molar-refractivity contribution in [3.8, 4) is 11.3 Å². The van der Waals surface area contributed by atoms with Crippen LogP contribution in [-0.4, -0.2) is 4.98 Å². The topological polar surface area (TPSA) is 38.9 Å². The van der Waals surface area contributed by atoms with E-state index in [1.165, 1.54) is 29.7 Å². The Labute approximate surface area is 100 Å². The molecule has 0 spiro atoms. The summed E-state index contributed by atoms with van der Waals surface area (Å²) in [5.41, 5.74) is 9.14. The predicted molar refractivity (Wildman–Crippen MR) is 70.6 cm³/mol. The van der Waals surface area contributed by atoms with Crippen LogP contribution in [0, 0.1) is 0 Å². The molecule has 0 aliphatic heterocycles. The van der Waals surface area contributed by atoms with Gasteiger partial charge in [0.2, 0.25) is 0 Å². The van der Waals surface area contributed by atoms with Crippen LogP contribution in [0.25, 0.3) is 11.3 Å². The van der Waals surface area contributed by atoms with Crippen molar-refractivity contribution < 1.29 is 0 Å². The number of nitrogens with zero attached hydrogens (tertiary/aromatic N) is 1. The Hall–Kier alpha value is -1.35. The molecule has 0 unspecified atom stereocenters. The van der Waals surface area contributed by atoms with Gasteiger partial charge in [0.05, 0.1) is 5.69 Å². The van der Waals surface area contributed by atoms with E-state index in [1.54, 1.807) is 0 Å². The fraction of sp³-hybridized carbons (Fsp3) is 0.308. The minimum absolute atomic E-state index is 0.630. The van der Waals surface area contributed by atoms with Gasteiger partial charge in [0.15, 0.2) is 5.13 Å². The average Bonchev–Trinajstić information content (AvgIpc) is 2.74. The van der Waals surface area contributed by atoms with Crippen LogP contribution in [0.3, 0.4) is 0 Å². The van der Waals surface area contributed by atoms with Crippen LogP contribution in [-0.2, 0) is 6.42 Å². The third kappa shape index (κ3) is 2.61. The monoisotopic (exact) mass is 232 g/mol. The van der Waals surface area contributed by atoms with Gasteiger partial charge in [-0.15, -0.1) is 11.3 Å². The number of benzene rings is 1. The predicted octanol–water partition coefficient (Wildman–Crippen LogP) is 3.73. The van der Waals surface area contributed by atoms with Gasteiger partial charge in [-0.1, -0.05) is 37.6 Å². The molecule has 16 heavy (non-hydrogen) atoms. The maximum atomic E-state index is 5.62. The minimum atomic E-state index is 0.630. The van der Waals surface area contributed by atoms with E-state index in [1.807, 2.05) is 5.38 Å². The summed E-state index contributed by atoms with van der Waals surface area (Å²) in [6, 6.07) is 8.61. The first kappa shape index (κ1) is 11.1. The molecule has 2 N–H and O–H groups in total. The quantitative estimate of drug-likeness (QED) is 0.872. The van der Waals surface area contributed by atoms with Gasteiger partial charge in [-0.3, -0.25) is 0 Å². The molecule has 0 atom stereocenters. The zero-order valence-corrected chi connectivity index (χ0v) is 10.3. The number of aromatic nitrogens is 1. The number of aryl methyl sites for hydroxylation is 1. The first-order chi connectivity index (χ1) is 7.79. The Morgan fingerprint density at radius 1 is 1.25 bits per heavy atom. The van der Waals surface area contributed by atoms with E-state index in [0.717, 1.165) is 17.7 Å². The van der Waals surface area contributed by atoms with E-state index in [2.05, 4.69) is 36.2 Å². The summed E-state index contributed by atoms with van der Waals surface area (Å²) in [5, 5.41) is 2.63. The van der Waals surface area contributed by atoms with Crippen molar-refractivity contribution in [3.05, 3.63) is 35.2 Å². The Morgan fingerprint density at radius 3 is 2.56 bits per heavy atom. The van der Waals surface area contributed by atoms with E-state index < -0.39 is 0 Å². The fourth-order valence-electron chi connectivity index (χ4n) is 1.64. The van der Waals surface area contributed by atoms with E-state index >= 15 is 0 Å². The maximum Gasteiger partial charge on any atom is 0.180 e. The molecule has 0 aliphatic carbocycles. The Bertz CT molecular complexity index is 445. The number of thiazole rings is 1. The number of rotatable bonds is 4. The summed E-state index contributed by atoms with van der Waals surface area (Å²) in [4.78, 5) is 4.27. The number of hydrogen-bond donors (Lipinski definition) is 1. The van der Waals surface area contributed by atoms with Crippen LogP contribution >= 0.6 is 11.3 Å². The van der Waals surface area contributed by atoms with E-state index in [4.69, 9.17) is 5.73 Å². The molecule has 2 aromatic rings. The third-order valence-corrected chi connectivity index (χ3v) is 3.26. The normalized spacial score (nSPS) is 10.6. The molecule has 0 bridgehead atoms. The standard InChI is InChI=1S/C13H16N2S/c1-2-3-4-10-5-7-11(8-6-10)12-9-16-13(14)15-12/h5-9H,2-4H2,1H3,(H2,14,15). The van der Waals surface area contributed by atoms with Crippen molar-refractivity contribution in [3.63, 3.8) is 0 Å². The summed E-state index contributed by atoms with van der Waals surface area (Å²) in [6.45, 7) is 2.21. The number of hydrogen-bond acceptors (Lipinski definition) is 3. The van der Waals surface area contributed by atoms with E-state index in [9.17, 15) is 0 Å². The summed E-state index contributed by atoms with van der Waals surface area (Å²) in [7, 11) is 0. The van der Waals surface area contributed by atoms with Crippen molar-refractivity contribution >= 4 is 16.5 Å². The second kappa shape index (κ2) is 5.12. The first-order valence-corrected chi connectivity index (χ1v) is 6.48. The second-order valence-electron chi connectivity index (χ2n) is 3.87. The lowest BCUT2D eigenvalue weighted by molar-refractivity contribution is 0.795. The molecule has 0 radical (unpaired) electrons. The largest absolute Gasteiger partial charge is 0.375 e. The Morgan fingerprint density at radius 2 is 2.00 bits per heavy atom. The molecule has 3 heteroatoms. The molecule has 2 rings (SSSR count). The van der Waals surface area contributed by atoms with Crippen molar-refractivity contribution in [2.45, 2.75) is 26.2 Å². The third-order valence-electron chi connectivity index (χ3n) is 2.59. The van der Waals surface area contributed by atoms with Crippen LogP contribution in [0.15, 0.2) is 29.6 Å². The molecule has 0 fully saturated rings. The summed E-state index contributed by atoms with van der Waals surface area (Å²) < 4.78 is 0. The van der Waals surface area contributed by atoms with Gasteiger partial charge in [0, 0.05) is 10.9 Å². The average molecular weight is 232 g/mol.